The lowest BCUT2D eigenvalue weighted by molar-refractivity contribution is -0.134. The van der Waals surface area contributed by atoms with E-state index in [1.807, 2.05) is 38.4 Å². The minimum Gasteiger partial charge on any atom is -0.492 e. The predicted molar refractivity (Wildman–Crippen MR) is 90.3 cm³/mol. The highest BCUT2D eigenvalue weighted by atomic mass is 16.5. The third kappa shape index (κ3) is 5.13. The first-order valence-corrected chi connectivity index (χ1v) is 8.04. The molecule has 1 heterocycles. The summed E-state index contributed by atoms with van der Waals surface area (Å²) < 4.78 is 7.48. The first-order chi connectivity index (χ1) is 11.1. The number of rotatable bonds is 8. The van der Waals surface area contributed by atoms with Crippen LogP contribution in [0.3, 0.4) is 0 Å². The Morgan fingerprint density at radius 2 is 2.09 bits per heavy atom. The van der Waals surface area contributed by atoms with Crippen molar-refractivity contribution in [2.45, 2.75) is 26.8 Å². The number of carbonyl (C=O) groups is 1. The van der Waals surface area contributed by atoms with Gasteiger partial charge in [0.2, 0.25) is 5.91 Å². The molecule has 23 heavy (non-hydrogen) atoms. The van der Waals surface area contributed by atoms with Crippen LogP contribution in [0.15, 0.2) is 42.7 Å². The van der Waals surface area contributed by atoms with Gasteiger partial charge < -0.3 is 9.64 Å². The summed E-state index contributed by atoms with van der Waals surface area (Å²) in [7, 11) is 1.81. The van der Waals surface area contributed by atoms with E-state index in [-0.39, 0.29) is 11.8 Å². The van der Waals surface area contributed by atoms with Crippen LogP contribution in [0.25, 0.3) is 0 Å². The van der Waals surface area contributed by atoms with Gasteiger partial charge in [0.25, 0.3) is 0 Å². The fourth-order valence-electron chi connectivity index (χ4n) is 2.38. The second-order valence-electron chi connectivity index (χ2n) is 5.73. The Balaban J connectivity index is 1.74. The molecule has 5 heteroatoms. The molecule has 1 aromatic heterocycles. The topological polar surface area (TPSA) is 47.4 Å². The average Bonchev–Trinajstić information content (AvgIpc) is 3.07. The Hall–Kier alpha value is -2.30. The molecule has 0 radical (unpaired) electrons. The van der Waals surface area contributed by atoms with E-state index in [0.29, 0.717) is 19.7 Å². The molecule has 1 aromatic carbocycles. The molecule has 1 unspecified atom stereocenters. The highest BCUT2D eigenvalue weighted by molar-refractivity contribution is 5.78. The van der Waals surface area contributed by atoms with Crippen molar-refractivity contribution in [3.8, 4) is 5.75 Å². The number of carbonyl (C=O) groups excluding carboxylic acids is 1. The van der Waals surface area contributed by atoms with Gasteiger partial charge in [-0.2, -0.15) is 5.10 Å². The fraction of sp³-hybridized carbons (Fsp3) is 0.444. The fourth-order valence-corrected chi connectivity index (χ4v) is 2.38. The maximum atomic E-state index is 12.3. The van der Waals surface area contributed by atoms with Crippen molar-refractivity contribution in [1.82, 2.24) is 14.7 Å². The third-order valence-corrected chi connectivity index (χ3v) is 3.84. The molecule has 2 aromatic rings. The quantitative estimate of drug-likeness (QED) is 0.752. The largest absolute Gasteiger partial charge is 0.492 e. The van der Waals surface area contributed by atoms with Crippen LogP contribution in [-0.2, 0) is 17.8 Å². The normalized spacial score (nSPS) is 12.0. The Bertz CT molecular complexity index is 593. The molecule has 1 atom stereocenters. The maximum Gasteiger partial charge on any atom is 0.227 e. The maximum absolute atomic E-state index is 12.3. The highest BCUT2D eigenvalue weighted by Gasteiger charge is 2.18. The predicted octanol–water partition coefficient (Wildman–Crippen LogP) is 2.62. The van der Waals surface area contributed by atoms with Gasteiger partial charge in [0.1, 0.15) is 12.4 Å². The first-order valence-electron chi connectivity index (χ1n) is 8.04. The van der Waals surface area contributed by atoms with Gasteiger partial charge in [-0.25, -0.2) is 0 Å². The van der Waals surface area contributed by atoms with Gasteiger partial charge >= 0.3 is 0 Å². The van der Waals surface area contributed by atoms with Crippen LogP contribution >= 0.6 is 0 Å². The van der Waals surface area contributed by atoms with Crippen LogP contribution in [0.4, 0.5) is 0 Å². The summed E-state index contributed by atoms with van der Waals surface area (Å²) in [4.78, 5) is 14.0. The average molecular weight is 315 g/mol. The molecular formula is C18H25N3O2. The van der Waals surface area contributed by atoms with E-state index >= 15 is 0 Å². The molecule has 0 aliphatic carbocycles. The van der Waals surface area contributed by atoms with Crippen molar-refractivity contribution in [3.63, 3.8) is 0 Å². The van der Waals surface area contributed by atoms with E-state index in [9.17, 15) is 4.79 Å². The molecule has 0 bridgehead atoms. The lowest BCUT2D eigenvalue weighted by atomic mass is 10.1. The molecule has 0 aliphatic rings. The van der Waals surface area contributed by atoms with Gasteiger partial charge in [0, 0.05) is 19.4 Å². The smallest absolute Gasteiger partial charge is 0.227 e. The monoisotopic (exact) mass is 315 g/mol. The number of aryl methyl sites for hydroxylation is 1. The van der Waals surface area contributed by atoms with Gasteiger partial charge in [0.05, 0.1) is 19.0 Å². The lowest BCUT2D eigenvalue weighted by Gasteiger charge is -2.21. The number of hydrogen-bond donors (Lipinski definition) is 0. The zero-order chi connectivity index (χ0) is 16.7. The molecule has 0 fully saturated rings. The van der Waals surface area contributed by atoms with Gasteiger partial charge in [0.15, 0.2) is 0 Å². The molecule has 1 amide bonds. The molecule has 2 rings (SSSR count). The number of ether oxygens (including phenoxy) is 1. The van der Waals surface area contributed by atoms with Crippen LogP contribution in [0.5, 0.6) is 5.75 Å². The van der Waals surface area contributed by atoms with Gasteiger partial charge in [-0.3, -0.25) is 9.48 Å². The molecule has 0 aliphatic heterocycles. The van der Waals surface area contributed by atoms with Crippen LogP contribution in [0, 0.1) is 5.92 Å². The lowest BCUT2D eigenvalue weighted by Crippen LogP contribution is -2.36. The second kappa shape index (κ2) is 8.36. The summed E-state index contributed by atoms with van der Waals surface area (Å²) in [6.45, 7) is 5.70. The zero-order valence-electron chi connectivity index (χ0n) is 14.1. The number of likely N-dealkylation sites (N-methyl/N-ethyl adjacent to an activating group) is 1. The summed E-state index contributed by atoms with van der Waals surface area (Å²) in [5.41, 5.74) is 1.29. The van der Waals surface area contributed by atoms with Crippen molar-refractivity contribution in [3.05, 3.63) is 48.3 Å². The summed E-state index contributed by atoms with van der Waals surface area (Å²) in [6, 6.07) is 9.94. The third-order valence-electron chi connectivity index (χ3n) is 3.84. The van der Waals surface area contributed by atoms with E-state index in [1.54, 1.807) is 15.8 Å². The molecule has 0 saturated heterocycles. The van der Waals surface area contributed by atoms with E-state index in [1.165, 1.54) is 5.56 Å². The van der Waals surface area contributed by atoms with Crippen LogP contribution < -0.4 is 4.74 Å². The molecular weight excluding hydrogens is 290 g/mol. The minimum absolute atomic E-state index is 0.102. The van der Waals surface area contributed by atoms with E-state index in [0.717, 1.165) is 12.2 Å². The zero-order valence-corrected chi connectivity index (χ0v) is 14.1. The van der Waals surface area contributed by atoms with Gasteiger partial charge in [-0.1, -0.05) is 26.0 Å². The summed E-state index contributed by atoms with van der Waals surface area (Å²) in [5.74, 6) is 0.835. The minimum atomic E-state index is -0.108. The number of hydrogen-bond acceptors (Lipinski definition) is 3. The van der Waals surface area contributed by atoms with Gasteiger partial charge in [-0.05, 0) is 30.2 Å². The molecule has 0 N–H and O–H groups in total. The second-order valence-corrected chi connectivity index (χ2v) is 5.73. The summed E-state index contributed by atoms with van der Waals surface area (Å²) in [5, 5.41) is 4.14. The summed E-state index contributed by atoms with van der Waals surface area (Å²) >= 11 is 0. The number of nitrogens with zero attached hydrogens (tertiary/aromatic N) is 3. The van der Waals surface area contributed by atoms with E-state index in [4.69, 9.17) is 4.74 Å². The van der Waals surface area contributed by atoms with Crippen LogP contribution in [0.2, 0.25) is 0 Å². The van der Waals surface area contributed by atoms with Crippen molar-refractivity contribution in [2.24, 2.45) is 5.92 Å². The first kappa shape index (κ1) is 17.1. The SMILES string of the molecule is CCc1ccc(OCCN(C)C(=O)C(C)Cn2cccn2)cc1. The van der Waals surface area contributed by atoms with Crippen LogP contribution in [0.1, 0.15) is 19.4 Å². The van der Waals surface area contributed by atoms with Gasteiger partial charge in [-0.15, -0.1) is 0 Å². The Kier molecular flexibility index (Phi) is 6.20. The Morgan fingerprint density at radius 3 is 2.70 bits per heavy atom. The molecule has 0 saturated carbocycles. The molecule has 0 spiro atoms. The Labute approximate surface area is 137 Å². The Morgan fingerprint density at radius 1 is 1.35 bits per heavy atom. The van der Waals surface area contributed by atoms with Crippen molar-refractivity contribution in [2.75, 3.05) is 20.2 Å². The van der Waals surface area contributed by atoms with Crippen LogP contribution in [-0.4, -0.2) is 40.8 Å². The number of aromatic nitrogens is 2. The standard InChI is InChI=1S/C18H25N3O2/c1-4-16-6-8-17(9-7-16)23-13-12-20(3)18(22)15(2)14-21-11-5-10-19-21/h5-11,15H,4,12-14H2,1-3H3. The highest BCUT2D eigenvalue weighted by Crippen LogP contribution is 2.12. The van der Waals surface area contributed by atoms with Crippen molar-refractivity contribution >= 4 is 5.91 Å². The summed E-state index contributed by atoms with van der Waals surface area (Å²) in [6.07, 6.45) is 4.61. The van der Waals surface area contributed by atoms with Crippen molar-refractivity contribution < 1.29 is 9.53 Å². The van der Waals surface area contributed by atoms with Crippen molar-refractivity contribution in [1.29, 1.82) is 0 Å². The van der Waals surface area contributed by atoms with E-state index in [2.05, 4.69) is 24.2 Å². The molecule has 124 valence electrons. The number of amides is 1. The molecule has 5 nitrogen and oxygen atoms in total. The number of benzene rings is 1. The van der Waals surface area contributed by atoms with E-state index < -0.39 is 0 Å².